The summed E-state index contributed by atoms with van der Waals surface area (Å²) in [6.45, 7) is 9.10. The molecule has 1 amide bonds. The second-order valence-corrected chi connectivity index (χ2v) is 6.50. The van der Waals surface area contributed by atoms with Gasteiger partial charge in [-0.1, -0.05) is 0 Å². The minimum absolute atomic E-state index is 0.132. The average molecular weight is 347 g/mol. The van der Waals surface area contributed by atoms with E-state index in [9.17, 15) is 4.79 Å². The molecule has 6 heteroatoms. The van der Waals surface area contributed by atoms with Crippen molar-refractivity contribution in [3.8, 4) is 5.75 Å². The summed E-state index contributed by atoms with van der Waals surface area (Å²) in [4.78, 5) is 13.4. The van der Waals surface area contributed by atoms with E-state index in [4.69, 9.17) is 4.74 Å². The van der Waals surface area contributed by atoms with E-state index in [1.54, 1.807) is 18.7 Å². The fourth-order valence-corrected chi connectivity index (χ4v) is 2.94. The summed E-state index contributed by atoms with van der Waals surface area (Å²) in [5.41, 5.74) is 3.12. The van der Waals surface area contributed by atoms with E-state index in [0.29, 0.717) is 12.3 Å². The molecule has 0 radical (unpaired) electrons. The van der Waals surface area contributed by atoms with Crippen molar-refractivity contribution in [3.05, 3.63) is 41.2 Å². The minimum Gasteiger partial charge on any atom is -0.481 e. The zero-order chi connectivity index (χ0) is 17.7. The lowest BCUT2D eigenvalue weighted by Crippen LogP contribution is -2.36. The normalized spacial score (nSPS) is 12.0. The molecular formula is C18H25N3O2S. The van der Waals surface area contributed by atoms with Gasteiger partial charge in [-0.3, -0.25) is 9.48 Å². The largest absolute Gasteiger partial charge is 0.481 e. The van der Waals surface area contributed by atoms with Gasteiger partial charge in [-0.2, -0.15) is 5.10 Å². The van der Waals surface area contributed by atoms with E-state index in [1.807, 2.05) is 49.1 Å². The standard InChI is InChI=1S/C18H25N3O2S/c1-6-21-13(3)17(12(2)20-21)11-19-18(22)14(4)23-15-7-9-16(24-5)10-8-15/h7-10,14H,6,11H2,1-5H3,(H,19,22). The highest BCUT2D eigenvalue weighted by molar-refractivity contribution is 7.98. The van der Waals surface area contributed by atoms with Gasteiger partial charge in [-0.15, -0.1) is 11.8 Å². The highest BCUT2D eigenvalue weighted by Gasteiger charge is 2.17. The van der Waals surface area contributed by atoms with Gasteiger partial charge in [0.2, 0.25) is 0 Å². The smallest absolute Gasteiger partial charge is 0.261 e. The molecule has 2 rings (SSSR count). The Morgan fingerprint density at radius 1 is 1.33 bits per heavy atom. The summed E-state index contributed by atoms with van der Waals surface area (Å²) >= 11 is 1.67. The molecule has 1 aromatic heterocycles. The van der Waals surface area contributed by atoms with Gasteiger partial charge in [-0.25, -0.2) is 0 Å². The third-order valence-corrected chi connectivity index (χ3v) is 4.76. The van der Waals surface area contributed by atoms with Crippen LogP contribution in [0.2, 0.25) is 0 Å². The van der Waals surface area contributed by atoms with Crippen LogP contribution in [-0.2, 0) is 17.9 Å². The summed E-state index contributed by atoms with van der Waals surface area (Å²) in [7, 11) is 0. The molecular weight excluding hydrogens is 322 g/mol. The van der Waals surface area contributed by atoms with Gasteiger partial charge in [-0.05, 0) is 58.2 Å². The summed E-state index contributed by atoms with van der Waals surface area (Å²) in [6.07, 6.45) is 1.48. The Labute approximate surface area is 147 Å². The second kappa shape index (κ2) is 8.24. The van der Waals surface area contributed by atoms with Crippen LogP contribution >= 0.6 is 11.8 Å². The van der Waals surface area contributed by atoms with Crippen LogP contribution in [0, 0.1) is 13.8 Å². The van der Waals surface area contributed by atoms with Gasteiger partial charge in [0.15, 0.2) is 6.10 Å². The lowest BCUT2D eigenvalue weighted by Gasteiger charge is -2.15. The lowest BCUT2D eigenvalue weighted by atomic mass is 10.2. The van der Waals surface area contributed by atoms with Gasteiger partial charge in [0.25, 0.3) is 5.91 Å². The van der Waals surface area contributed by atoms with E-state index in [1.165, 1.54) is 4.90 Å². The van der Waals surface area contributed by atoms with Crippen LogP contribution in [0.5, 0.6) is 5.75 Å². The summed E-state index contributed by atoms with van der Waals surface area (Å²) < 4.78 is 7.66. The molecule has 0 aliphatic carbocycles. The van der Waals surface area contributed by atoms with Crippen molar-refractivity contribution in [2.24, 2.45) is 0 Å². The van der Waals surface area contributed by atoms with E-state index >= 15 is 0 Å². The van der Waals surface area contributed by atoms with Crippen molar-refractivity contribution >= 4 is 17.7 Å². The van der Waals surface area contributed by atoms with Crippen LogP contribution in [0.15, 0.2) is 29.2 Å². The van der Waals surface area contributed by atoms with Crippen LogP contribution < -0.4 is 10.1 Å². The SMILES string of the molecule is CCn1nc(C)c(CNC(=O)C(C)Oc2ccc(SC)cc2)c1C. The number of ether oxygens (including phenoxy) is 1. The maximum absolute atomic E-state index is 12.3. The number of carbonyl (C=O) groups excluding carboxylic acids is 1. The number of nitrogens with one attached hydrogen (secondary N) is 1. The fourth-order valence-electron chi connectivity index (χ4n) is 2.53. The Kier molecular flexibility index (Phi) is 6.31. The first-order valence-corrected chi connectivity index (χ1v) is 9.30. The molecule has 1 aromatic carbocycles. The van der Waals surface area contributed by atoms with Gasteiger partial charge in [0.1, 0.15) is 5.75 Å². The van der Waals surface area contributed by atoms with Crippen molar-refractivity contribution < 1.29 is 9.53 Å². The Balaban J connectivity index is 1.93. The zero-order valence-electron chi connectivity index (χ0n) is 14.9. The quantitative estimate of drug-likeness (QED) is 0.781. The number of aromatic nitrogens is 2. The number of carbonyl (C=O) groups is 1. The first-order chi connectivity index (χ1) is 11.5. The molecule has 0 aliphatic rings. The number of thioether (sulfide) groups is 1. The van der Waals surface area contributed by atoms with Gasteiger partial charge >= 0.3 is 0 Å². The summed E-state index contributed by atoms with van der Waals surface area (Å²) in [5.74, 6) is 0.564. The number of aryl methyl sites for hydroxylation is 2. The topological polar surface area (TPSA) is 56.2 Å². The average Bonchev–Trinajstić information content (AvgIpc) is 2.86. The molecule has 0 aliphatic heterocycles. The van der Waals surface area contributed by atoms with Crippen molar-refractivity contribution in [1.82, 2.24) is 15.1 Å². The first kappa shape index (κ1) is 18.4. The van der Waals surface area contributed by atoms with Crippen molar-refractivity contribution in [2.75, 3.05) is 6.26 Å². The first-order valence-electron chi connectivity index (χ1n) is 8.07. The number of hydrogen-bond acceptors (Lipinski definition) is 4. The van der Waals surface area contributed by atoms with E-state index < -0.39 is 6.10 Å². The molecule has 1 heterocycles. The maximum Gasteiger partial charge on any atom is 0.261 e. The predicted molar refractivity (Wildman–Crippen MR) is 97.5 cm³/mol. The van der Waals surface area contributed by atoms with Crippen LogP contribution in [0.25, 0.3) is 0 Å². The highest BCUT2D eigenvalue weighted by atomic mass is 32.2. The second-order valence-electron chi connectivity index (χ2n) is 5.62. The molecule has 1 atom stereocenters. The number of hydrogen-bond donors (Lipinski definition) is 1. The van der Waals surface area contributed by atoms with Crippen molar-refractivity contribution in [1.29, 1.82) is 0 Å². The maximum atomic E-state index is 12.3. The van der Waals surface area contributed by atoms with Crippen LogP contribution in [0.3, 0.4) is 0 Å². The third-order valence-electron chi connectivity index (χ3n) is 4.01. The number of benzene rings is 1. The van der Waals surface area contributed by atoms with Crippen LogP contribution in [0.4, 0.5) is 0 Å². The summed E-state index contributed by atoms with van der Waals surface area (Å²) in [5, 5.41) is 7.41. The molecule has 24 heavy (non-hydrogen) atoms. The Hall–Kier alpha value is -1.95. The van der Waals surface area contributed by atoms with Gasteiger partial charge in [0.05, 0.1) is 5.69 Å². The number of amides is 1. The predicted octanol–water partition coefficient (Wildman–Crippen LogP) is 3.33. The Bertz CT molecular complexity index is 695. The lowest BCUT2D eigenvalue weighted by molar-refractivity contribution is -0.127. The van der Waals surface area contributed by atoms with Gasteiger partial charge < -0.3 is 10.1 Å². The van der Waals surface area contributed by atoms with Crippen LogP contribution in [0.1, 0.15) is 30.8 Å². The van der Waals surface area contributed by atoms with E-state index in [-0.39, 0.29) is 5.91 Å². The molecule has 0 fully saturated rings. The molecule has 0 spiro atoms. The molecule has 0 saturated heterocycles. The molecule has 0 bridgehead atoms. The number of rotatable bonds is 7. The fraction of sp³-hybridized carbons (Fsp3) is 0.444. The number of nitrogens with zero attached hydrogens (tertiary/aromatic N) is 2. The molecule has 1 N–H and O–H groups in total. The minimum atomic E-state index is -0.549. The van der Waals surface area contributed by atoms with Crippen molar-refractivity contribution in [2.45, 2.75) is 51.8 Å². The summed E-state index contributed by atoms with van der Waals surface area (Å²) in [6, 6.07) is 7.73. The molecule has 130 valence electrons. The van der Waals surface area contributed by atoms with E-state index in [0.717, 1.165) is 23.5 Å². The Morgan fingerprint density at radius 3 is 2.54 bits per heavy atom. The monoisotopic (exact) mass is 347 g/mol. The molecule has 5 nitrogen and oxygen atoms in total. The van der Waals surface area contributed by atoms with E-state index in [2.05, 4.69) is 17.3 Å². The third kappa shape index (κ3) is 4.32. The van der Waals surface area contributed by atoms with Gasteiger partial charge in [0, 0.05) is 29.2 Å². The zero-order valence-corrected chi connectivity index (χ0v) is 15.7. The van der Waals surface area contributed by atoms with Crippen LogP contribution in [-0.4, -0.2) is 28.0 Å². The Morgan fingerprint density at radius 2 is 2.00 bits per heavy atom. The molecule has 0 saturated carbocycles. The molecule has 2 aromatic rings. The molecule has 1 unspecified atom stereocenters. The highest BCUT2D eigenvalue weighted by Crippen LogP contribution is 2.20. The van der Waals surface area contributed by atoms with Crippen molar-refractivity contribution in [3.63, 3.8) is 0 Å².